The molecule has 1 spiro atoms. The van der Waals surface area contributed by atoms with E-state index < -0.39 is 29.5 Å². The van der Waals surface area contributed by atoms with Crippen molar-refractivity contribution < 1.29 is 19.5 Å². The summed E-state index contributed by atoms with van der Waals surface area (Å²) >= 11 is 0. The van der Waals surface area contributed by atoms with Gasteiger partial charge in [0.05, 0.1) is 17.9 Å². The number of hydrogen-bond donors (Lipinski definition) is 3. The fourth-order valence-electron chi connectivity index (χ4n) is 5.27. The van der Waals surface area contributed by atoms with Crippen molar-refractivity contribution in [2.75, 3.05) is 11.9 Å². The van der Waals surface area contributed by atoms with Gasteiger partial charge in [-0.15, -0.1) is 0 Å². The summed E-state index contributed by atoms with van der Waals surface area (Å²) in [5.41, 5.74) is 0.957. The van der Waals surface area contributed by atoms with Gasteiger partial charge in [-0.25, -0.2) is 0 Å². The highest BCUT2D eigenvalue weighted by Gasteiger charge is 2.70. The lowest BCUT2D eigenvalue weighted by molar-refractivity contribution is -0.143. The number of amides is 3. The van der Waals surface area contributed by atoms with Crippen LogP contribution in [0, 0.1) is 11.8 Å². The van der Waals surface area contributed by atoms with Gasteiger partial charge in [-0.3, -0.25) is 24.6 Å². The van der Waals surface area contributed by atoms with Crippen LogP contribution in [-0.2, 0) is 26.3 Å². The first kappa shape index (κ1) is 19.0. The average Bonchev–Trinajstić information content (AvgIpc) is 3.33. The molecule has 0 unspecified atom stereocenters. The second kappa shape index (κ2) is 6.75. The van der Waals surface area contributed by atoms with E-state index in [9.17, 15) is 19.5 Å². The first-order valence-corrected chi connectivity index (χ1v) is 10.2. The van der Waals surface area contributed by atoms with Gasteiger partial charge in [-0.2, -0.15) is 0 Å². The van der Waals surface area contributed by atoms with E-state index in [0.717, 1.165) is 5.56 Å². The number of carbonyl (C=O) groups is 3. The monoisotopic (exact) mass is 405 g/mol. The lowest BCUT2D eigenvalue weighted by Crippen LogP contribution is -2.54. The van der Waals surface area contributed by atoms with Gasteiger partial charge >= 0.3 is 0 Å². The zero-order valence-electron chi connectivity index (χ0n) is 16.5. The van der Waals surface area contributed by atoms with E-state index in [1.54, 1.807) is 19.1 Å². The number of benzene rings is 2. The number of likely N-dealkylation sites (tertiary alicyclic amines) is 1. The summed E-state index contributed by atoms with van der Waals surface area (Å²) in [4.78, 5) is 41.3. The first-order valence-electron chi connectivity index (χ1n) is 10.2. The number of carbonyl (C=O) groups excluding carboxylic acids is 3. The molecule has 3 heterocycles. The number of nitrogens with one attached hydrogen (secondary N) is 2. The van der Waals surface area contributed by atoms with E-state index in [-0.39, 0.29) is 24.3 Å². The van der Waals surface area contributed by atoms with Crippen LogP contribution in [0.5, 0.6) is 0 Å². The Morgan fingerprint density at radius 2 is 1.73 bits per heavy atom. The maximum atomic E-state index is 13.5. The third kappa shape index (κ3) is 2.49. The Kier molecular flexibility index (Phi) is 4.27. The van der Waals surface area contributed by atoms with Crippen LogP contribution in [0.15, 0.2) is 54.6 Å². The molecule has 7 heteroatoms. The van der Waals surface area contributed by atoms with Gasteiger partial charge in [-0.05, 0) is 25.0 Å². The third-order valence-corrected chi connectivity index (χ3v) is 6.64. The SMILES string of the molecule is C[C@@H](O)[C@@H]1N[C@]2(C(=O)Nc3ccccc32)[C@@H]2C(=O)N(CCc3ccccc3)C(=O)[C@@H]12. The molecule has 5 rings (SSSR count). The number of para-hydroxylation sites is 1. The van der Waals surface area contributed by atoms with Gasteiger partial charge in [0.1, 0.15) is 5.54 Å². The summed E-state index contributed by atoms with van der Waals surface area (Å²) < 4.78 is 0. The molecule has 7 nitrogen and oxygen atoms in total. The number of rotatable bonds is 4. The van der Waals surface area contributed by atoms with Crippen LogP contribution in [0.2, 0.25) is 0 Å². The molecular weight excluding hydrogens is 382 g/mol. The molecular formula is C23H23N3O4. The Labute approximate surface area is 174 Å². The van der Waals surface area contributed by atoms with Crippen LogP contribution in [0.25, 0.3) is 0 Å². The molecule has 0 bridgehead atoms. The number of anilines is 1. The van der Waals surface area contributed by atoms with Gasteiger partial charge in [0.25, 0.3) is 0 Å². The zero-order valence-corrected chi connectivity index (χ0v) is 16.5. The number of aliphatic hydroxyl groups excluding tert-OH is 1. The van der Waals surface area contributed by atoms with Crippen LogP contribution < -0.4 is 10.6 Å². The first-order chi connectivity index (χ1) is 14.4. The molecule has 2 fully saturated rings. The summed E-state index contributed by atoms with van der Waals surface area (Å²) in [6, 6.07) is 16.2. The van der Waals surface area contributed by atoms with Crippen LogP contribution >= 0.6 is 0 Å². The van der Waals surface area contributed by atoms with Crippen molar-refractivity contribution in [1.29, 1.82) is 0 Å². The van der Waals surface area contributed by atoms with E-state index in [2.05, 4.69) is 10.6 Å². The van der Waals surface area contributed by atoms with Crippen molar-refractivity contribution in [2.24, 2.45) is 11.8 Å². The Morgan fingerprint density at radius 1 is 1.03 bits per heavy atom. The fraction of sp³-hybridized carbons (Fsp3) is 0.348. The van der Waals surface area contributed by atoms with Gasteiger partial charge in [0.2, 0.25) is 17.7 Å². The fourth-order valence-corrected chi connectivity index (χ4v) is 5.27. The normalized spacial score (nSPS) is 30.5. The Morgan fingerprint density at radius 3 is 2.47 bits per heavy atom. The highest BCUT2D eigenvalue weighted by molar-refractivity contribution is 6.15. The van der Waals surface area contributed by atoms with E-state index in [1.807, 2.05) is 42.5 Å². The zero-order chi connectivity index (χ0) is 21.0. The smallest absolute Gasteiger partial charge is 0.250 e. The molecule has 2 aromatic rings. The summed E-state index contributed by atoms with van der Waals surface area (Å²) in [5.74, 6) is -2.71. The molecule has 5 atom stereocenters. The predicted octanol–water partition coefficient (Wildman–Crippen LogP) is 1.03. The number of fused-ring (bicyclic) bond motifs is 4. The van der Waals surface area contributed by atoms with Gasteiger partial charge < -0.3 is 10.4 Å². The Bertz CT molecular complexity index is 1040. The molecule has 2 saturated heterocycles. The highest BCUT2D eigenvalue weighted by atomic mass is 16.3. The number of aliphatic hydroxyl groups is 1. The summed E-state index contributed by atoms with van der Waals surface area (Å²) in [6.07, 6.45) is -0.358. The maximum absolute atomic E-state index is 13.5. The number of hydrogen-bond acceptors (Lipinski definition) is 5. The largest absolute Gasteiger partial charge is 0.392 e. The summed E-state index contributed by atoms with van der Waals surface area (Å²) in [7, 11) is 0. The lowest BCUT2D eigenvalue weighted by Gasteiger charge is -2.30. The van der Waals surface area contributed by atoms with Crippen LogP contribution in [-0.4, -0.2) is 46.4 Å². The lowest BCUT2D eigenvalue weighted by atomic mass is 9.76. The molecule has 3 N–H and O–H groups in total. The van der Waals surface area contributed by atoms with E-state index in [1.165, 1.54) is 4.90 Å². The van der Waals surface area contributed by atoms with E-state index in [4.69, 9.17) is 0 Å². The van der Waals surface area contributed by atoms with Crippen LogP contribution in [0.4, 0.5) is 5.69 Å². The molecule has 3 amide bonds. The van der Waals surface area contributed by atoms with Crippen molar-refractivity contribution in [2.45, 2.75) is 31.0 Å². The third-order valence-electron chi connectivity index (χ3n) is 6.64. The summed E-state index contributed by atoms with van der Waals surface area (Å²) in [5, 5.41) is 16.4. The molecule has 0 aliphatic carbocycles. The Balaban J connectivity index is 1.54. The number of imide groups is 1. The van der Waals surface area contributed by atoms with Gasteiger partial charge in [-0.1, -0.05) is 48.5 Å². The van der Waals surface area contributed by atoms with Crippen molar-refractivity contribution in [3.63, 3.8) is 0 Å². The minimum atomic E-state index is -1.35. The maximum Gasteiger partial charge on any atom is 0.250 e. The molecule has 30 heavy (non-hydrogen) atoms. The highest BCUT2D eigenvalue weighted by Crippen LogP contribution is 2.53. The van der Waals surface area contributed by atoms with Crippen LogP contribution in [0.3, 0.4) is 0 Å². The van der Waals surface area contributed by atoms with Crippen molar-refractivity contribution in [3.8, 4) is 0 Å². The summed E-state index contributed by atoms with van der Waals surface area (Å²) in [6.45, 7) is 1.83. The second-order valence-electron chi connectivity index (χ2n) is 8.29. The average molecular weight is 405 g/mol. The molecule has 0 saturated carbocycles. The predicted molar refractivity (Wildman–Crippen MR) is 109 cm³/mol. The quantitative estimate of drug-likeness (QED) is 0.660. The standard InChI is InChI=1S/C23H23N3O4/c1-13(27)19-17-18(23(25-19)15-9-5-6-10-16(15)24-22(23)30)21(29)26(20(17)28)12-11-14-7-3-2-4-8-14/h2-10,13,17-19,25,27H,11-12H2,1H3,(H,24,30)/t13-,17-,18+,19+,23+/m1/s1. The molecule has 2 aromatic carbocycles. The van der Waals surface area contributed by atoms with Gasteiger partial charge in [0, 0.05) is 23.8 Å². The van der Waals surface area contributed by atoms with Crippen molar-refractivity contribution in [1.82, 2.24) is 10.2 Å². The van der Waals surface area contributed by atoms with Crippen molar-refractivity contribution in [3.05, 3.63) is 65.7 Å². The topological polar surface area (TPSA) is 98.7 Å². The molecule has 3 aliphatic rings. The molecule has 154 valence electrons. The number of nitrogens with zero attached hydrogens (tertiary/aromatic N) is 1. The van der Waals surface area contributed by atoms with E-state index >= 15 is 0 Å². The minimum Gasteiger partial charge on any atom is -0.392 e. The molecule has 3 aliphatic heterocycles. The minimum absolute atomic E-state index is 0.251. The molecule has 0 aromatic heterocycles. The molecule has 0 radical (unpaired) electrons. The van der Waals surface area contributed by atoms with Crippen molar-refractivity contribution >= 4 is 23.4 Å². The Hall–Kier alpha value is -3.03. The second-order valence-corrected chi connectivity index (χ2v) is 8.29. The van der Waals surface area contributed by atoms with Crippen LogP contribution in [0.1, 0.15) is 18.1 Å². The van der Waals surface area contributed by atoms with Gasteiger partial charge in [0.15, 0.2) is 0 Å². The van der Waals surface area contributed by atoms with E-state index in [0.29, 0.717) is 17.7 Å².